The lowest BCUT2D eigenvalue weighted by Gasteiger charge is -2.11. The highest BCUT2D eigenvalue weighted by Crippen LogP contribution is 2.25. The summed E-state index contributed by atoms with van der Waals surface area (Å²) in [7, 11) is 1.86. The van der Waals surface area contributed by atoms with Crippen LogP contribution in [0.25, 0.3) is 11.0 Å². The highest BCUT2D eigenvalue weighted by molar-refractivity contribution is 5.94. The fourth-order valence-corrected chi connectivity index (χ4v) is 3.12. The Balaban J connectivity index is 1.94. The van der Waals surface area contributed by atoms with E-state index < -0.39 is 0 Å². The number of carbonyl (C=O) groups is 1. The van der Waals surface area contributed by atoms with E-state index in [1.165, 1.54) is 0 Å². The van der Waals surface area contributed by atoms with Gasteiger partial charge in [-0.3, -0.25) is 14.6 Å². The first-order valence-electron chi connectivity index (χ1n) is 7.87. The minimum Gasteiger partial charge on any atom is -0.308 e. The van der Waals surface area contributed by atoms with Crippen LogP contribution in [0.2, 0.25) is 0 Å². The van der Waals surface area contributed by atoms with Crippen LogP contribution >= 0.6 is 0 Å². The predicted molar refractivity (Wildman–Crippen MR) is 93.1 cm³/mol. The number of carbonyl (C=O) groups excluding carboxylic acids is 1. The molecule has 0 unspecified atom stereocenters. The highest BCUT2D eigenvalue weighted by atomic mass is 16.1. The second kappa shape index (κ2) is 6.02. The zero-order chi connectivity index (χ0) is 18.3. The molecule has 0 saturated heterocycles. The van der Waals surface area contributed by atoms with Gasteiger partial charge in [-0.05, 0) is 38.8 Å². The zero-order valence-electron chi connectivity index (χ0n) is 14.9. The maximum Gasteiger partial charge on any atom is 0.230 e. The van der Waals surface area contributed by atoms with Crippen molar-refractivity contribution in [3.8, 4) is 6.07 Å². The van der Waals surface area contributed by atoms with E-state index in [1.54, 1.807) is 11.6 Å². The number of fused-ring (bicyclic) bond motifs is 1. The Bertz CT molecular complexity index is 1040. The van der Waals surface area contributed by atoms with Crippen molar-refractivity contribution >= 4 is 22.8 Å². The van der Waals surface area contributed by atoms with Crippen molar-refractivity contribution < 1.29 is 4.79 Å². The first-order chi connectivity index (χ1) is 11.8. The quantitative estimate of drug-likeness (QED) is 0.759. The van der Waals surface area contributed by atoms with E-state index in [2.05, 4.69) is 25.6 Å². The molecule has 25 heavy (non-hydrogen) atoms. The van der Waals surface area contributed by atoms with Crippen LogP contribution in [0, 0.1) is 39.0 Å². The maximum atomic E-state index is 12.5. The Labute approximate surface area is 144 Å². The highest BCUT2D eigenvalue weighted by Gasteiger charge is 2.19. The summed E-state index contributed by atoms with van der Waals surface area (Å²) in [5, 5.41) is 23.9. The molecular weight excluding hydrogens is 318 g/mol. The third-order valence-electron chi connectivity index (χ3n) is 4.38. The number of nitrogens with zero attached hydrogens (tertiary/aromatic N) is 5. The molecule has 0 atom stereocenters. The van der Waals surface area contributed by atoms with Crippen LogP contribution < -0.4 is 5.32 Å². The second-order valence-corrected chi connectivity index (χ2v) is 6.12. The van der Waals surface area contributed by atoms with Gasteiger partial charge < -0.3 is 5.32 Å². The van der Waals surface area contributed by atoms with Gasteiger partial charge in [-0.1, -0.05) is 0 Å². The molecule has 0 saturated carbocycles. The topological polar surface area (TPSA) is 112 Å². The van der Waals surface area contributed by atoms with Gasteiger partial charge in [0, 0.05) is 18.1 Å². The molecule has 0 aliphatic heterocycles. The lowest BCUT2D eigenvalue weighted by molar-refractivity contribution is -0.115. The number of nitriles is 1. The van der Waals surface area contributed by atoms with Gasteiger partial charge in [0.05, 0.1) is 17.8 Å². The Hall–Kier alpha value is -3.21. The number of pyridine rings is 1. The molecule has 0 aromatic carbocycles. The van der Waals surface area contributed by atoms with Crippen molar-refractivity contribution in [2.45, 2.75) is 34.1 Å². The van der Waals surface area contributed by atoms with Crippen LogP contribution in [-0.2, 0) is 18.3 Å². The van der Waals surface area contributed by atoms with Crippen molar-refractivity contribution in [3.63, 3.8) is 0 Å². The van der Waals surface area contributed by atoms with Gasteiger partial charge in [-0.2, -0.15) is 15.5 Å². The number of amides is 1. The third-order valence-corrected chi connectivity index (χ3v) is 4.38. The number of hydrogen-bond donors (Lipinski definition) is 2. The summed E-state index contributed by atoms with van der Waals surface area (Å²) in [5.41, 5.74) is 5.33. The zero-order valence-corrected chi connectivity index (χ0v) is 14.9. The Morgan fingerprint density at radius 2 is 2.00 bits per heavy atom. The summed E-state index contributed by atoms with van der Waals surface area (Å²) in [4.78, 5) is 17.1. The lowest BCUT2D eigenvalue weighted by atomic mass is 10.0. The van der Waals surface area contributed by atoms with Crippen molar-refractivity contribution in [1.82, 2.24) is 25.0 Å². The van der Waals surface area contributed by atoms with Gasteiger partial charge in [0.25, 0.3) is 0 Å². The van der Waals surface area contributed by atoms with Crippen molar-refractivity contribution in [2.75, 3.05) is 5.32 Å². The van der Waals surface area contributed by atoms with E-state index in [4.69, 9.17) is 5.26 Å². The number of rotatable bonds is 3. The molecule has 128 valence electrons. The third kappa shape index (κ3) is 2.74. The van der Waals surface area contributed by atoms with Crippen LogP contribution in [0.4, 0.5) is 5.82 Å². The summed E-state index contributed by atoms with van der Waals surface area (Å²) in [6.07, 6.45) is 0.158. The summed E-state index contributed by atoms with van der Waals surface area (Å²) < 4.78 is 1.75. The van der Waals surface area contributed by atoms with Gasteiger partial charge in [-0.25, -0.2) is 4.98 Å². The Kier molecular flexibility index (Phi) is 4.00. The molecule has 0 radical (unpaired) electrons. The molecule has 0 fully saturated rings. The molecule has 3 heterocycles. The average Bonchev–Trinajstić information content (AvgIpc) is 3.03. The van der Waals surface area contributed by atoms with Crippen LogP contribution in [0.1, 0.15) is 33.8 Å². The summed E-state index contributed by atoms with van der Waals surface area (Å²) in [5.74, 6) is 0.0174. The van der Waals surface area contributed by atoms with E-state index in [0.717, 1.165) is 33.5 Å². The fraction of sp³-hybridized carbons (Fsp3) is 0.353. The number of H-pyrrole nitrogens is 1. The summed E-state index contributed by atoms with van der Waals surface area (Å²) >= 11 is 0. The van der Waals surface area contributed by atoms with E-state index in [9.17, 15) is 4.79 Å². The van der Waals surface area contributed by atoms with Crippen LogP contribution in [0.15, 0.2) is 0 Å². The predicted octanol–water partition coefficient (Wildman–Crippen LogP) is 1.98. The monoisotopic (exact) mass is 337 g/mol. The lowest BCUT2D eigenvalue weighted by Crippen LogP contribution is -2.17. The number of hydrogen-bond acceptors (Lipinski definition) is 5. The summed E-state index contributed by atoms with van der Waals surface area (Å²) in [6, 6.07) is 2.04. The standard InChI is InChI=1S/C17H19N7O/c1-8-12(9(2)19-17-15(8)11(4)23-24(17)5)6-14(25)20-16-13(7-18)10(3)21-22-16/h6H2,1-5H3,(H2,20,21,22,25). The van der Waals surface area contributed by atoms with Gasteiger partial charge in [0.2, 0.25) is 5.91 Å². The number of aromatic amines is 1. The van der Waals surface area contributed by atoms with E-state index in [0.29, 0.717) is 11.3 Å². The molecule has 3 rings (SSSR count). The molecule has 0 spiro atoms. The number of nitrogens with one attached hydrogen (secondary N) is 2. The van der Waals surface area contributed by atoms with Crippen LogP contribution in [-0.4, -0.2) is 30.9 Å². The average molecular weight is 337 g/mol. The fourth-order valence-electron chi connectivity index (χ4n) is 3.12. The molecule has 3 aromatic heterocycles. The Morgan fingerprint density at radius 3 is 2.68 bits per heavy atom. The molecule has 0 aliphatic carbocycles. The maximum absolute atomic E-state index is 12.5. The smallest absolute Gasteiger partial charge is 0.230 e. The minimum atomic E-state index is -0.239. The number of anilines is 1. The molecule has 0 aliphatic rings. The molecule has 0 bridgehead atoms. The van der Waals surface area contributed by atoms with Crippen LogP contribution in [0.3, 0.4) is 0 Å². The van der Waals surface area contributed by atoms with Crippen LogP contribution in [0.5, 0.6) is 0 Å². The van der Waals surface area contributed by atoms with E-state index in [-0.39, 0.29) is 18.1 Å². The van der Waals surface area contributed by atoms with Gasteiger partial charge in [0.1, 0.15) is 11.6 Å². The Morgan fingerprint density at radius 1 is 1.28 bits per heavy atom. The number of aryl methyl sites for hydroxylation is 5. The molecule has 2 N–H and O–H groups in total. The molecule has 8 heteroatoms. The molecule has 8 nitrogen and oxygen atoms in total. The molecule has 3 aromatic rings. The van der Waals surface area contributed by atoms with Gasteiger partial charge >= 0.3 is 0 Å². The van der Waals surface area contributed by atoms with Gasteiger partial charge in [-0.15, -0.1) is 0 Å². The largest absolute Gasteiger partial charge is 0.308 e. The normalized spacial score (nSPS) is 10.9. The van der Waals surface area contributed by atoms with E-state index >= 15 is 0 Å². The molecule has 1 amide bonds. The SMILES string of the molecule is Cc1nc2c(c(C)nn2C)c(C)c1CC(=O)Nc1n[nH]c(C)c1C#N. The van der Waals surface area contributed by atoms with Crippen molar-refractivity contribution in [2.24, 2.45) is 7.05 Å². The first-order valence-corrected chi connectivity index (χ1v) is 7.87. The van der Waals surface area contributed by atoms with Crippen molar-refractivity contribution in [3.05, 3.63) is 33.8 Å². The van der Waals surface area contributed by atoms with E-state index in [1.807, 2.05) is 33.9 Å². The van der Waals surface area contributed by atoms with Crippen molar-refractivity contribution in [1.29, 1.82) is 5.26 Å². The number of aromatic nitrogens is 5. The molecular formula is C17H19N7O. The second-order valence-electron chi connectivity index (χ2n) is 6.12. The minimum absolute atomic E-state index is 0.158. The first kappa shape index (κ1) is 16.6. The van der Waals surface area contributed by atoms with Gasteiger partial charge in [0.15, 0.2) is 11.5 Å². The summed E-state index contributed by atoms with van der Waals surface area (Å²) in [6.45, 7) is 7.53.